The third-order valence-corrected chi connectivity index (χ3v) is 4.73. The van der Waals surface area contributed by atoms with E-state index in [9.17, 15) is 9.90 Å². The first-order valence-corrected chi connectivity index (χ1v) is 8.65. The number of carbonyl (C=O) groups excluding carboxylic acids is 1. The quantitative estimate of drug-likeness (QED) is 0.761. The Balaban J connectivity index is 1.63. The molecule has 1 atom stereocenters. The van der Waals surface area contributed by atoms with Crippen LogP contribution in [0.25, 0.3) is 11.0 Å². The van der Waals surface area contributed by atoms with Crippen LogP contribution in [0.15, 0.2) is 28.7 Å². The molecule has 1 unspecified atom stereocenters. The molecule has 0 saturated carbocycles. The number of halogens is 1. The van der Waals surface area contributed by atoms with Gasteiger partial charge in [0, 0.05) is 23.0 Å². The topological polar surface area (TPSA) is 80.7 Å². The van der Waals surface area contributed by atoms with E-state index in [2.05, 4.69) is 5.10 Å². The molecule has 136 valence electrons. The first-order valence-electron chi connectivity index (χ1n) is 8.27. The van der Waals surface area contributed by atoms with Gasteiger partial charge in [-0.2, -0.15) is 5.10 Å². The number of carbonyl (C=O) groups is 1. The Morgan fingerprint density at radius 1 is 1.35 bits per heavy atom. The second-order valence-electron chi connectivity index (χ2n) is 6.32. The molecule has 0 radical (unpaired) electrons. The predicted molar refractivity (Wildman–Crippen MR) is 95.4 cm³/mol. The van der Waals surface area contributed by atoms with E-state index in [1.807, 2.05) is 10.7 Å². The van der Waals surface area contributed by atoms with Gasteiger partial charge in [-0.3, -0.25) is 9.48 Å². The minimum absolute atomic E-state index is 0.203. The zero-order valence-corrected chi connectivity index (χ0v) is 15.2. The van der Waals surface area contributed by atoms with Crippen LogP contribution in [-0.4, -0.2) is 39.3 Å². The highest BCUT2D eigenvalue weighted by molar-refractivity contribution is 6.31. The molecule has 1 amide bonds. The molecule has 3 aromatic rings. The fourth-order valence-corrected chi connectivity index (χ4v) is 3.38. The van der Waals surface area contributed by atoms with Crippen molar-refractivity contribution in [3.05, 3.63) is 46.4 Å². The third kappa shape index (κ3) is 2.83. The van der Waals surface area contributed by atoms with Gasteiger partial charge in [0.2, 0.25) is 0 Å². The smallest absolute Gasteiger partial charge is 0.290 e. The lowest BCUT2D eigenvalue weighted by atomic mass is 10.2. The van der Waals surface area contributed by atoms with Crippen LogP contribution in [0.4, 0.5) is 0 Å². The van der Waals surface area contributed by atoms with Crippen LogP contribution in [0.1, 0.15) is 35.0 Å². The van der Waals surface area contributed by atoms with E-state index in [1.165, 1.54) is 7.11 Å². The molecule has 7 nitrogen and oxygen atoms in total. The summed E-state index contributed by atoms with van der Waals surface area (Å²) in [6.07, 6.45) is -0.634. The monoisotopic (exact) mass is 375 g/mol. The zero-order chi connectivity index (χ0) is 18.4. The molecule has 26 heavy (non-hydrogen) atoms. The standard InChI is InChI=1S/C18H18ClN3O4/c1-10(23)14-8-13-9-21(3-4-22(13)20-14)18(24)16-6-11-5-12(19)7-15(25-2)17(11)26-16/h5-8,10,23H,3-4,9H2,1-2H3. The highest BCUT2D eigenvalue weighted by Crippen LogP contribution is 2.33. The molecule has 0 bridgehead atoms. The molecular weight excluding hydrogens is 358 g/mol. The molecule has 3 heterocycles. The summed E-state index contributed by atoms with van der Waals surface area (Å²) in [5.41, 5.74) is 1.99. The maximum Gasteiger partial charge on any atom is 0.290 e. The summed E-state index contributed by atoms with van der Waals surface area (Å²) in [6, 6.07) is 6.89. The maximum atomic E-state index is 12.9. The van der Waals surface area contributed by atoms with Crippen molar-refractivity contribution in [3.63, 3.8) is 0 Å². The van der Waals surface area contributed by atoms with Crippen molar-refractivity contribution in [1.82, 2.24) is 14.7 Å². The van der Waals surface area contributed by atoms with Crippen LogP contribution in [0, 0.1) is 0 Å². The maximum absolute atomic E-state index is 12.9. The van der Waals surface area contributed by atoms with Gasteiger partial charge in [0.05, 0.1) is 37.7 Å². The molecule has 0 fully saturated rings. The van der Waals surface area contributed by atoms with Gasteiger partial charge < -0.3 is 19.2 Å². The van der Waals surface area contributed by atoms with Gasteiger partial charge in [0.15, 0.2) is 17.1 Å². The molecule has 1 aliphatic rings. The Hall–Kier alpha value is -2.51. The van der Waals surface area contributed by atoms with Crippen LogP contribution in [0.3, 0.4) is 0 Å². The number of fused-ring (bicyclic) bond motifs is 2. The molecule has 2 aromatic heterocycles. The number of nitrogens with zero attached hydrogens (tertiary/aromatic N) is 3. The summed E-state index contributed by atoms with van der Waals surface area (Å²) in [5, 5.41) is 15.3. The number of rotatable bonds is 3. The van der Waals surface area contributed by atoms with Gasteiger partial charge >= 0.3 is 0 Å². The van der Waals surface area contributed by atoms with E-state index in [-0.39, 0.29) is 11.7 Å². The average molecular weight is 376 g/mol. The van der Waals surface area contributed by atoms with Crippen LogP contribution in [0.2, 0.25) is 5.02 Å². The molecule has 0 spiro atoms. The van der Waals surface area contributed by atoms with E-state index in [1.54, 1.807) is 30.0 Å². The molecule has 4 rings (SSSR count). The predicted octanol–water partition coefficient (Wildman–Crippen LogP) is 3.00. The number of aliphatic hydroxyl groups excluding tert-OH is 1. The van der Waals surface area contributed by atoms with Crippen LogP contribution < -0.4 is 4.74 Å². The summed E-state index contributed by atoms with van der Waals surface area (Å²) in [5.74, 6) is 0.527. The number of furan rings is 1. The minimum atomic E-state index is -0.634. The molecule has 1 aliphatic heterocycles. The number of aromatic nitrogens is 2. The second-order valence-corrected chi connectivity index (χ2v) is 6.76. The molecule has 1 N–H and O–H groups in total. The lowest BCUT2D eigenvalue weighted by Gasteiger charge is -2.26. The summed E-state index contributed by atoms with van der Waals surface area (Å²) in [7, 11) is 1.53. The number of aliphatic hydroxyl groups is 1. The molecule has 0 aliphatic carbocycles. The van der Waals surface area contributed by atoms with E-state index < -0.39 is 6.10 Å². The highest BCUT2D eigenvalue weighted by atomic mass is 35.5. The Morgan fingerprint density at radius 3 is 2.88 bits per heavy atom. The van der Waals surface area contributed by atoms with Crippen molar-refractivity contribution in [2.45, 2.75) is 26.1 Å². The number of methoxy groups -OCH3 is 1. The van der Waals surface area contributed by atoms with E-state index in [0.717, 1.165) is 11.1 Å². The van der Waals surface area contributed by atoms with Crippen molar-refractivity contribution in [2.75, 3.05) is 13.7 Å². The van der Waals surface area contributed by atoms with Gasteiger partial charge in [-0.25, -0.2) is 0 Å². The zero-order valence-electron chi connectivity index (χ0n) is 14.4. The van der Waals surface area contributed by atoms with Crippen LogP contribution >= 0.6 is 11.6 Å². The summed E-state index contributed by atoms with van der Waals surface area (Å²) >= 11 is 6.08. The fraction of sp³-hybridized carbons (Fsp3) is 0.333. The first-order chi connectivity index (χ1) is 12.5. The number of hydrogen-bond acceptors (Lipinski definition) is 5. The summed E-state index contributed by atoms with van der Waals surface area (Å²) in [6.45, 7) is 3.17. The van der Waals surface area contributed by atoms with Crippen LogP contribution in [0.5, 0.6) is 5.75 Å². The van der Waals surface area contributed by atoms with Crippen molar-refractivity contribution in [3.8, 4) is 5.75 Å². The Morgan fingerprint density at radius 2 is 2.15 bits per heavy atom. The second kappa shape index (κ2) is 6.34. The average Bonchev–Trinajstić information content (AvgIpc) is 3.23. The van der Waals surface area contributed by atoms with Crippen LogP contribution in [-0.2, 0) is 13.1 Å². The number of amides is 1. The SMILES string of the molecule is COc1cc(Cl)cc2cc(C(=O)N3CCn4nc(C(C)O)cc4C3)oc12. The van der Waals surface area contributed by atoms with Crippen molar-refractivity contribution in [2.24, 2.45) is 0 Å². The summed E-state index contributed by atoms with van der Waals surface area (Å²) < 4.78 is 12.9. The largest absolute Gasteiger partial charge is 0.493 e. The van der Waals surface area contributed by atoms with Gasteiger partial charge in [0.1, 0.15) is 0 Å². The fourth-order valence-electron chi connectivity index (χ4n) is 3.16. The third-order valence-electron chi connectivity index (χ3n) is 4.51. The van der Waals surface area contributed by atoms with E-state index >= 15 is 0 Å². The molecule has 8 heteroatoms. The molecular formula is C18H18ClN3O4. The van der Waals surface area contributed by atoms with Crippen molar-refractivity contribution < 1.29 is 19.1 Å². The Kier molecular flexibility index (Phi) is 4.13. The number of benzene rings is 1. The van der Waals surface area contributed by atoms with E-state index in [4.69, 9.17) is 20.8 Å². The Bertz CT molecular complexity index is 992. The van der Waals surface area contributed by atoms with Gasteiger partial charge in [-0.05, 0) is 25.1 Å². The van der Waals surface area contributed by atoms with Gasteiger partial charge in [-0.1, -0.05) is 11.6 Å². The lowest BCUT2D eigenvalue weighted by molar-refractivity contribution is 0.0675. The lowest BCUT2D eigenvalue weighted by Crippen LogP contribution is -2.38. The Labute approximate surface area is 154 Å². The van der Waals surface area contributed by atoms with Crippen molar-refractivity contribution >= 4 is 28.5 Å². The molecule has 0 saturated heterocycles. The normalized spacial score (nSPS) is 15.2. The minimum Gasteiger partial charge on any atom is -0.493 e. The number of hydrogen-bond donors (Lipinski definition) is 1. The van der Waals surface area contributed by atoms with Gasteiger partial charge in [-0.15, -0.1) is 0 Å². The van der Waals surface area contributed by atoms with Crippen molar-refractivity contribution in [1.29, 1.82) is 0 Å². The van der Waals surface area contributed by atoms with Gasteiger partial charge in [0.25, 0.3) is 5.91 Å². The highest BCUT2D eigenvalue weighted by Gasteiger charge is 2.26. The molecule has 1 aromatic carbocycles. The number of ether oxygens (including phenoxy) is 1. The summed E-state index contributed by atoms with van der Waals surface area (Å²) in [4.78, 5) is 14.6. The first kappa shape index (κ1) is 16.9. The van der Waals surface area contributed by atoms with E-state index in [0.29, 0.717) is 41.7 Å².